The summed E-state index contributed by atoms with van der Waals surface area (Å²) in [5.41, 5.74) is 0.713. The number of oxime groups is 1. The van der Waals surface area contributed by atoms with E-state index in [0.717, 1.165) is 6.21 Å². The molecule has 0 aromatic heterocycles. The van der Waals surface area contributed by atoms with Crippen LogP contribution in [-0.4, -0.2) is 29.8 Å². The minimum atomic E-state index is -0.433. The van der Waals surface area contributed by atoms with Crippen molar-refractivity contribution in [3.05, 3.63) is 35.4 Å². The van der Waals surface area contributed by atoms with E-state index in [-0.39, 0.29) is 0 Å². The standard InChI is InChI=1S/C11H11NO4/c1-2-16-11(14)9-5-3-8(4-6-9)10(13)7-12-15/h3-7,15H,2H2,1H3/b12-7+. The molecule has 1 aromatic carbocycles. The van der Waals surface area contributed by atoms with Gasteiger partial charge < -0.3 is 9.94 Å². The quantitative estimate of drug-likeness (QED) is 0.275. The molecule has 1 N–H and O–H groups in total. The van der Waals surface area contributed by atoms with Crippen molar-refractivity contribution < 1.29 is 19.5 Å². The highest BCUT2D eigenvalue weighted by molar-refractivity contribution is 6.35. The van der Waals surface area contributed by atoms with E-state index in [1.165, 1.54) is 24.3 Å². The SMILES string of the molecule is CCOC(=O)c1ccc(C(=O)/C=N/O)cc1. The number of hydrogen-bond donors (Lipinski definition) is 1. The largest absolute Gasteiger partial charge is 0.462 e. The molecular formula is C11H11NO4. The molecule has 0 saturated heterocycles. The monoisotopic (exact) mass is 221 g/mol. The highest BCUT2D eigenvalue weighted by atomic mass is 16.5. The lowest BCUT2D eigenvalue weighted by Crippen LogP contribution is -2.06. The molecule has 0 radical (unpaired) electrons. The van der Waals surface area contributed by atoms with Crippen molar-refractivity contribution in [2.75, 3.05) is 6.61 Å². The van der Waals surface area contributed by atoms with Crippen molar-refractivity contribution in [3.63, 3.8) is 0 Å². The first-order chi connectivity index (χ1) is 7.69. The first-order valence-corrected chi connectivity index (χ1v) is 4.68. The van der Waals surface area contributed by atoms with E-state index in [9.17, 15) is 9.59 Å². The minimum Gasteiger partial charge on any atom is -0.462 e. The maximum atomic E-state index is 11.3. The maximum Gasteiger partial charge on any atom is 0.338 e. The van der Waals surface area contributed by atoms with Gasteiger partial charge in [0.2, 0.25) is 5.78 Å². The number of rotatable bonds is 4. The third-order valence-electron chi connectivity index (χ3n) is 1.86. The Morgan fingerprint density at radius 2 is 1.88 bits per heavy atom. The molecule has 0 saturated carbocycles. The fraction of sp³-hybridized carbons (Fsp3) is 0.182. The van der Waals surface area contributed by atoms with Gasteiger partial charge in [0.1, 0.15) is 6.21 Å². The summed E-state index contributed by atoms with van der Waals surface area (Å²) in [6.07, 6.45) is 0.791. The smallest absolute Gasteiger partial charge is 0.338 e. The summed E-state index contributed by atoms with van der Waals surface area (Å²) in [7, 11) is 0. The van der Waals surface area contributed by atoms with Gasteiger partial charge in [-0.25, -0.2) is 4.79 Å². The van der Waals surface area contributed by atoms with Crippen molar-refractivity contribution in [1.29, 1.82) is 0 Å². The van der Waals surface area contributed by atoms with E-state index in [4.69, 9.17) is 9.94 Å². The Balaban J connectivity index is 2.83. The predicted molar refractivity (Wildman–Crippen MR) is 57.0 cm³/mol. The molecule has 0 aliphatic rings. The van der Waals surface area contributed by atoms with Gasteiger partial charge in [-0.15, -0.1) is 0 Å². The average Bonchev–Trinajstić information content (AvgIpc) is 2.30. The first kappa shape index (κ1) is 11.9. The van der Waals surface area contributed by atoms with Crippen LogP contribution < -0.4 is 0 Å². The molecule has 0 aliphatic carbocycles. The summed E-state index contributed by atoms with van der Waals surface area (Å²) < 4.78 is 4.79. The van der Waals surface area contributed by atoms with Gasteiger partial charge in [0.05, 0.1) is 12.2 Å². The van der Waals surface area contributed by atoms with Crippen molar-refractivity contribution in [2.24, 2.45) is 5.16 Å². The van der Waals surface area contributed by atoms with Crippen LogP contribution in [0.1, 0.15) is 27.6 Å². The average molecular weight is 221 g/mol. The molecule has 0 aliphatic heterocycles. The third kappa shape index (κ3) is 2.91. The minimum absolute atomic E-state index is 0.302. The van der Waals surface area contributed by atoms with Crippen LogP contribution in [0, 0.1) is 0 Å². The summed E-state index contributed by atoms with van der Waals surface area (Å²) in [5.74, 6) is -0.866. The van der Waals surface area contributed by atoms with E-state index in [2.05, 4.69) is 5.16 Å². The van der Waals surface area contributed by atoms with Gasteiger partial charge in [-0.05, 0) is 19.1 Å². The lowest BCUT2D eigenvalue weighted by atomic mass is 10.1. The van der Waals surface area contributed by atoms with Crippen LogP contribution in [-0.2, 0) is 4.74 Å². The van der Waals surface area contributed by atoms with Crippen molar-refractivity contribution in [1.82, 2.24) is 0 Å². The molecule has 5 heteroatoms. The summed E-state index contributed by atoms with van der Waals surface area (Å²) in [6.45, 7) is 2.02. The zero-order chi connectivity index (χ0) is 12.0. The van der Waals surface area contributed by atoms with Crippen molar-refractivity contribution >= 4 is 18.0 Å². The fourth-order valence-electron chi connectivity index (χ4n) is 1.11. The van der Waals surface area contributed by atoms with Crippen molar-refractivity contribution in [2.45, 2.75) is 6.92 Å². The molecule has 0 heterocycles. The van der Waals surface area contributed by atoms with Gasteiger partial charge >= 0.3 is 5.97 Å². The van der Waals surface area contributed by atoms with Crippen molar-refractivity contribution in [3.8, 4) is 0 Å². The highest BCUT2D eigenvalue weighted by Crippen LogP contribution is 2.06. The van der Waals surface area contributed by atoms with E-state index in [1.54, 1.807) is 6.92 Å². The molecule has 84 valence electrons. The third-order valence-corrected chi connectivity index (χ3v) is 1.86. The van der Waals surface area contributed by atoms with E-state index >= 15 is 0 Å². The molecule has 16 heavy (non-hydrogen) atoms. The number of ether oxygens (including phenoxy) is 1. The number of hydrogen-bond acceptors (Lipinski definition) is 5. The fourth-order valence-corrected chi connectivity index (χ4v) is 1.11. The van der Waals surface area contributed by atoms with E-state index < -0.39 is 11.8 Å². The first-order valence-electron chi connectivity index (χ1n) is 4.68. The molecule has 0 fully saturated rings. The maximum absolute atomic E-state index is 11.3. The molecule has 1 rings (SSSR count). The summed E-state index contributed by atoms with van der Waals surface area (Å²) in [6, 6.07) is 5.90. The van der Waals surface area contributed by atoms with Crippen LogP contribution in [0.5, 0.6) is 0 Å². The molecule has 0 amide bonds. The van der Waals surface area contributed by atoms with Crippen LogP contribution in [0.25, 0.3) is 0 Å². The number of benzene rings is 1. The van der Waals surface area contributed by atoms with Crippen LogP contribution in [0.15, 0.2) is 29.4 Å². The van der Waals surface area contributed by atoms with E-state index in [0.29, 0.717) is 17.7 Å². The summed E-state index contributed by atoms with van der Waals surface area (Å²) in [4.78, 5) is 22.5. The second kappa shape index (κ2) is 5.65. The Hall–Kier alpha value is -2.17. The Morgan fingerprint density at radius 1 is 1.31 bits per heavy atom. The molecule has 0 unspecified atom stereocenters. The number of carbonyl (C=O) groups excluding carboxylic acids is 2. The Labute approximate surface area is 92.3 Å². The number of Topliss-reactive ketones (excluding diaryl/α,β-unsaturated/α-hetero) is 1. The van der Waals surface area contributed by atoms with Crippen LogP contribution in [0.4, 0.5) is 0 Å². The summed E-state index contributed by atoms with van der Waals surface area (Å²) in [5, 5.41) is 10.8. The van der Waals surface area contributed by atoms with Crippen LogP contribution in [0.2, 0.25) is 0 Å². The highest BCUT2D eigenvalue weighted by Gasteiger charge is 2.07. The van der Waals surface area contributed by atoms with Gasteiger partial charge in [-0.2, -0.15) is 0 Å². The molecule has 5 nitrogen and oxygen atoms in total. The number of esters is 1. The molecule has 1 aromatic rings. The van der Waals surface area contributed by atoms with E-state index in [1.807, 2.05) is 0 Å². The van der Waals surface area contributed by atoms with Crippen LogP contribution in [0.3, 0.4) is 0 Å². The van der Waals surface area contributed by atoms with Gasteiger partial charge in [-0.1, -0.05) is 17.3 Å². The normalized spacial score (nSPS) is 10.3. The molecule has 0 spiro atoms. The van der Waals surface area contributed by atoms with Gasteiger partial charge in [-0.3, -0.25) is 4.79 Å². The number of nitrogens with zero attached hydrogens (tertiary/aromatic N) is 1. The Bertz CT molecular complexity index is 408. The zero-order valence-corrected chi connectivity index (χ0v) is 8.71. The zero-order valence-electron chi connectivity index (χ0n) is 8.71. The second-order valence-corrected chi connectivity index (χ2v) is 2.91. The topological polar surface area (TPSA) is 76.0 Å². The lowest BCUT2D eigenvalue weighted by Gasteiger charge is -2.01. The Morgan fingerprint density at radius 3 is 2.38 bits per heavy atom. The van der Waals surface area contributed by atoms with Gasteiger partial charge in [0.25, 0.3) is 0 Å². The second-order valence-electron chi connectivity index (χ2n) is 2.91. The summed E-state index contributed by atoms with van der Waals surface area (Å²) >= 11 is 0. The van der Waals surface area contributed by atoms with Gasteiger partial charge in [0.15, 0.2) is 0 Å². The molecule has 0 atom stereocenters. The Kier molecular flexibility index (Phi) is 4.20. The number of ketones is 1. The van der Waals surface area contributed by atoms with Gasteiger partial charge in [0, 0.05) is 5.56 Å². The molecular weight excluding hydrogens is 210 g/mol. The number of carbonyl (C=O) groups is 2. The lowest BCUT2D eigenvalue weighted by molar-refractivity contribution is 0.0526. The molecule has 0 bridgehead atoms. The predicted octanol–water partition coefficient (Wildman–Crippen LogP) is 1.51. The van der Waals surface area contributed by atoms with Crippen LogP contribution >= 0.6 is 0 Å².